The summed E-state index contributed by atoms with van der Waals surface area (Å²) in [6, 6.07) is 3.64. The fraction of sp³-hybridized carbons (Fsp3) is 0.400. The highest BCUT2D eigenvalue weighted by Crippen LogP contribution is 2.48. The van der Waals surface area contributed by atoms with Crippen LogP contribution >= 0.6 is 11.3 Å². The van der Waals surface area contributed by atoms with Gasteiger partial charge in [0.05, 0.1) is 5.00 Å². The Hall–Kier alpha value is -1.36. The molecule has 80 valence electrons. The number of rotatable bonds is 3. The number of aliphatic carboxylic acids is 1. The normalized spacial score (nSPS) is 17.1. The molecule has 0 bridgehead atoms. The van der Waals surface area contributed by atoms with E-state index in [0.29, 0.717) is 12.8 Å². The van der Waals surface area contributed by atoms with E-state index in [0.717, 1.165) is 5.00 Å². The molecule has 0 atom stereocenters. The molecule has 1 aromatic rings. The largest absolute Gasteiger partial charge is 0.480 e. The third-order valence-corrected chi connectivity index (χ3v) is 3.65. The van der Waals surface area contributed by atoms with Crippen LogP contribution < -0.4 is 4.90 Å². The van der Waals surface area contributed by atoms with Crippen molar-refractivity contribution in [1.29, 1.82) is 0 Å². The maximum absolute atomic E-state index is 11.9. The van der Waals surface area contributed by atoms with Gasteiger partial charge in [0, 0.05) is 7.05 Å². The predicted molar refractivity (Wildman–Crippen MR) is 57.0 cm³/mol. The van der Waals surface area contributed by atoms with E-state index in [4.69, 9.17) is 5.11 Å². The molecule has 1 amide bonds. The molecule has 0 spiro atoms. The van der Waals surface area contributed by atoms with Crippen LogP contribution in [0.4, 0.5) is 5.00 Å². The molecule has 1 N–H and O–H groups in total. The Morgan fingerprint density at radius 3 is 2.60 bits per heavy atom. The second-order valence-electron chi connectivity index (χ2n) is 3.70. The van der Waals surface area contributed by atoms with Crippen LogP contribution in [0.1, 0.15) is 12.8 Å². The van der Waals surface area contributed by atoms with Gasteiger partial charge < -0.3 is 10.0 Å². The van der Waals surface area contributed by atoms with Crippen molar-refractivity contribution in [1.82, 2.24) is 0 Å². The predicted octanol–water partition coefficient (Wildman–Crippen LogP) is 1.58. The molecule has 0 saturated heterocycles. The van der Waals surface area contributed by atoms with Crippen LogP contribution in [0.15, 0.2) is 17.5 Å². The molecule has 4 nitrogen and oxygen atoms in total. The van der Waals surface area contributed by atoms with Crippen molar-refractivity contribution in [3.8, 4) is 0 Å². The molecule has 0 aliphatic heterocycles. The molecule has 0 unspecified atom stereocenters. The second-order valence-corrected chi connectivity index (χ2v) is 4.63. The van der Waals surface area contributed by atoms with E-state index in [-0.39, 0.29) is 5.91 Å². The Morgan fingerprint density at radius 1 is 1.53 bits per heavy atom. The summed E-state index contributed by atoms with van der Waals surface area (Å²) in [6.45, 7) is 0. The van der Waals surface area contributed by atoms with Gasteiger partial charge in [0.25, 0.3) is 0 Å². The van der Waals surface area contributed by atoms with Crippen molar-refractivity contribution in [3.05, 3.63) is 17.5 Å². The first kappa shape index (κ1) is 10.2. The van der Waals surface area contributed by atoms with E-state index < -0.39 is 11.4 Å². The number of hydrogen-bond donors (Lipinski definition) is 1. The average Bonchev–Trinajstić information content (AvgIpc) is 2.85. The van der Waals surface area contributed by atoms with Gasteiger partial charge in [-0.1, -0.05) is 0 Å². The summed E-state index contributed by atoms with van der Waals surface area (Å²) in [5, 5.41) is 11.6. The number of carboxylic acid groups (broad SMARTS) is 1. The van der Waals surface area contributed by atoms with Crippen LogP contribution in [-0.4, -0.2) is 24.0 Å². The van der Waals surface area contributed by atoms with Crippen molar-refractivity contribution in [3.63, 3.8) is 0 Å². The Labute approximate surface area is 91.1 Å². The molecule has 0 aromatic carbocycles. The molecule has 0 radical (unpaired) electrons. The van der Waals surface area contributed by atoms with Crippen molar-refractivity contribution in [2.45, 2.75) is 12.8 Å². The van der Waals surface area contributed by atoms with Gasteiger partial charge in [-0.2, -0.15) is 0 Å². The van der Waals surface area contributed by atoms with Crippen molar-refractivity contribution < 1.29 is 14.7 Å². The van der Waals surface area contributed by atoms with Gasteiger partial charge in [0.2, 0.25) is 5.91 Å². The zero-order valence-corrected chi connectivity index (χ0v) is 9.08. The highest BCUT2D eigenvalue weighted by atomic mass is 32.1. The van der Waals surface area contributed by atoms with E-state index >= 15 is 0 Å². The maximum Gasteiger partial charge on any atom is 0.319 e. The van der Waals surface area contributed by atoms with E-state index in [1.54, 1.807) is 13.1 Å². The molecule has 1 saturated carbocycles. The summed E-state index contributed by atoms with van der Waals surface area (Å²) in [4.78, 5) is 24.3. The Balaban J connectivity index is 2.19. The maximum atomic E-state index is 11.9. The fourth-order valence-corrected chi connectivity index (χ4v) is 2.22. The number of carboxylic acids is 1. The number of anilines is 1. The van der Waals surface area contributed by atoms with Crippen LogP contribution in [0.25, 0.3) is 0 Å². The SMILES string of the molecule is CN(C(=O)C1(C(=O)O)CC1)c1cccs1. The van der Waals surface area contributed by atoms with Crippen LogP contribution in [-0.2, 0) is 9.59 Å². The van der Waals surface area contributed by atoms with Crippen LogP contribution in [0.3, 0.4) is 0 Å². The lowest BCUT2D eigenvalue weighted by molar-refractivity contribution is -0.148. The monoisotopic (exact) mass is 225 g/mol. The third kappa shape index (κ3) is 1.52. The minimum Gasteiger partial charge on any atom is -0.480 e. The highest BCUT2D eigenvalue weighted by molar-refractivity contribution is 7.14. The van der Waals surface area contributed by atoms with Gasteiger partial charge in [-0.25, -0.2) is 0 Å². The molecule has 1 heterocycles. The molecule has 1 aliphatic rings. The van der Waals surface area contributed by atoms with E-state index in [1.807, 2.05) is 11.4 Å². The Bertz CT molecular complexity index is 395. The summed E-state index contributed by atoms with van der Waals surface area (Å²) in [7, 11) is 1.62. The topological polar surface area (TPSA) is 57.6 Å². The second kappa shape index (κ2) is 3.34. The lowest BCUT2D eigenvalue weighted by Gasteiger charge is -2.19. The third-order valence-electron chi connectivity index (χ3n) is 2.71. The zero-order valence-electron chi connectivity index (χ0n) is 8.27. The van der Waals surface area contributed by atoms with E-state index in [2.05, 4.69) is 0 Å². The number of nitrogens with zero attached hydrogens (tertiary/aromatic N) is 1. The Morgan fingerprint density at radius 2 is 2.20 bits per heavy atom. The average molecular weight is 225 g/mol. The van der Waals surface area contributed by atoms with Gasteiger partial charge >= 0.3 is 5.97 Å². The minimum atomic E-state index is -1.14. The van der Waals surface area contributed by atoms with Crippen LogP contribution in [0.2, 0.25) is 0 Å². The summed E-state index contributed by atoms with van der Waals surface area (Å²) in [5.74, 6) is -1.31. The molecule has 15 heavy (non-hydrogen) atoms. The summed E-state index contributed by atoms with van der Waals surface area (Å²) < 4.78 is 0. The van der Waals surface area contributed by atoms with Gasteiger partial charge in [0.15, 0.2) is 0 Å². The van der Waals surface area contributed by atoms with E-state index in [9.17, 15) is 9.59 Å². The highest BCUT2D eigenvalue weighted by Gasteiger charge is 2.58. The Kier molecular flexibility index (Phi) is 2.26. The first-order chi connectivity index (χ1) is 7.08. The number of carbonyl (C=O) groups excluding carboxylic acids is 1. The van der Waals surface area contributed by atoms with Gasteiger partial charge in [-0.3, -0.25) is 9.59 Å². The van der Waals surface area contributed by atoms with Gasteiger partial charge in [-0.05, 0) is 30.4 Å². The van der Waals surface area contributed by atoms with Crippen LogP contribution in [0, 0.1) is 5.41 Å². The number of hydrogen-bond acceptors (Lipinski definition) is 3. The summed E-state index contributed by atoms with van der Waals surface area (Å²) in [5.41, 5.74) is -1.14. The smallest absolute Gasteiger partial charge is 0.319 e. The first-order valence-corrected chi connectivity index (χ1v) is 5.51. The minimum absolute atomic E-state index is 0.308. The molecule has 1 aliphatic carbocycles. The molecule has 1 fully saturated rings. The van der Waals surface area contributed by atoms with Crippen molar-refractivity contribution in [2.24, 2.45) is 5.41 Å². The summed E-state index contributed by atoms with van der Waals surface area (Å²) in [6.07, 6.45) is 0.910. The molecule has 5 heteroatoms. The van der Waals surface area contributed by atoms with Crippen LogP contribution in [0.5, 0.6) is 0 Å². The molecular weight excluding hydrogens is 214 g/mol. The molecule has 1 aromatic heterocycles. The number of carbonyl (C=O) groups is 2. The lowest BCUT2D eigenvalue weighted by atomic mass is 10.1. The first-order valence-electron chi connectivity index (χ1n) is 4.63. The molecular formula is C10H11NO3S. The van der Waals surface area contributed by atoms with Crippen molar-refractivity contribution in [2.75, 3.05) is 11.9 Å². The zero-order chi connectivity index (χ0) is 11.1. The number of thiophene rings is 1. The van der Waals surface area contributed by atoms with Gasteiger partial charge in [0.1, 0.15) is 5.41 Å². The quantitative estimate of drug-likeness (QED) is 0.794. The fourth-order valence-electron chi connectivity index (χ4n) is 1.53. The van der Waals surface area contributed by atoms with Gasteiger partial charge in [-0.15, -0.1) is 11.3 Å². The lowest BCUT2D eigenvalue weighted by Crippen LogP contribution is -2.38. The van der Waals surface area contributed by atoms with Crippen molar-refractivity contribution >= 4 is 28.2 Å². The number of amides is 1. The summed E-state index contributed by atoms with van der Waals surface area (Å²) >= 11 is 1.43. The van der Waals surface area contributed by atoms with E-state index in [1.165, 1.54) is 16.2 Å². The molecule has 2 rings (SSSR count). The standard InChI is InChI=1S/C10H11NO3S/c1-11(7-3-2-6-15-7)8(12)10(4-5-10)9(13)14/h2-3,6H,4-5H2,1H3,(H,13,14).